The van der Waals surface area contributed by atoms with Gasteiger partial charge in [-0.25, -0.2) is 8.42 Å². The second-order valence-corrected chi connectivity index (χ2v) is 8.54. The molecule has 3 rings (SSSR count). The lowest BCUT2D eigenvalue weighted by Crippen LogP contribution is -2.42. The van der Waals surface area contributed by atoms with E-state index in [1.807, 2.05) is 35.2 Å². The summed E-state index contributed by atoms with van der Waals surface area (Å²) >= 11 is 0. The first-order chi connectivity index (χ1) is 12.4. The molecule has 2 aromatic rings. The van der Waals surface area contributed by atoms with Crippen molar-refractivity contribution in [3.8, 4) is 0 Å². The molecule has 1 unspecified atom stereocenters. The van der Waals surface area contributed by atoms with Crippen molar-refractivity contribution in [1.82, 2.24) is 4.90 Å². The van der Waals surface area contributed by atoms with Crippen LogP contribution in [0.4, 0.5) is 0 Å². The first-order valence-electron chi connectivity index (χ1n) is 8.67. The zero-order valence-electron chi connectivity index (χ0n) is 14.8. The van der Waals surface area contributed by atoms with E-state index in [1.54, 1.807) is 24.3 Å². The molecular weight excluding hydrogens is 350 g/mol. The molecule has 1 saturated heterocycles. The summed E-state index contributed by atoms with van der Waals surface area (Å²) in [4.78, 5) is 14.7. The van der Waals surface area contributed by atoms with Crippen LogP contribution in [0.5, 0.6) is 0 Å². The van der Waals surface area contributed by atoms with Crippen molar-refractivity contribution in [2.75, 3.05) is 26.0 Å². The fourth-order valence-corrected chi connectivity index (χ4v) is 3.69. The fraction of sp³-hybridized carbons (Fsp3) is 0.350. The molecule has 1 amide bonds. The number of sulfone groups is 1. The maximum Gasteiger partial charge on any atom is 0.223 e. The van der Waals surface area contributed by atoms with Crippen LogP contribution >= 0.6 is 0 Å². The lowest BCUT2D eigenvalue weighted by molar-refractivity contribution is -0.139. The molecule has 26 heavy (non-hydrogen) atoms. The van der Waals surface area contributed by atoms with Gasteiger partial charge in [0.2, 0.25) is 5.91 Å². The van der Waals surface area contributed by atoms with Crippen molar-refractivity contribution in [2.24, 2.45) is 0 Å². The van der Waals surface area contributed by atoms with E-state index in [1.165, 1.54) is 6.26 Å². The van der Waals surface area contributed by atoms with E-state index in [0.717, 1.165) is 11.1 Å². The molecule has 2 aromatic carbocycles. The van der Waals surface area contributed by atoms with Crippen LogP contribution in [0.3, 0.4) is 0 Å². The number of aryl methyl sites for hydroxylation is 1. The Morgan fingerprint density at radius 1 is 1.12 bits per heavy atom. The molecule has 0 aromatic heterocycles. The van der Waals surface area contributed by atoms with E-state index >= 15 is 0 Å². The van der Waals surface area contributed by atoms with Crippen LogP contribution in [0.2, 0.25) is 0 Å². The Morgan fingerprint density at radius 3 is 2.46 bits per heavy atom. The number of carbonyl (C=O) groups is 1. The number of rotatable bonds is 5. The molecule has 0 bridgehead atoms. The fourth-order valence-electron chi connectivity index (χ4n) is 3.06. The minimum Gasteiger partial charge on any atom is -0.370 e. The van der Waals surface area contributed by atoms with Crippen LogP contribution in [0.15, 0.2) is 59.5 Å². The molecule has 0 radical (unpaired) electrons. The van der Waals surface area contributed by atoms with E-state index in [4.69, 9.17) is 4.74 Å². The monoisotopic (exact) mass is 373 g/mol. The standard InChI is InChI=1S/C20H23NO4S/c1-26(23,24)18-10-7-16(8-11-18)9-12-20(22)21-13-14-25-19(15-21)17-5-3-2-4-6-17/h2-8,10-11,19H,9,12-15H2,1H3. The molecule has 1 aliphatic heterocycles. The number of nitrogens with zero attached hydrogens (tertiary/aromatic N) is 1. The molecule has 6 heteroatoms. The van der Waals surface area contributed by atoms with E-state index < -0.39 is 9.84 Å². The summed E-state index contributed by atoms with van der Waals surface area (Å²) in [5.41, 5.74) is 2.04. The highest BCUT2D eigenvalue weighted by atomic mass is 32.2. The van der Waals surface area contributed by atoms with E-state index in [-0.39, 0.29) is 12.0 Å². The van der Waals surface area contributed by atoms with Gasteiger partial charge in [-0.3, -0.25) is 4.79 Å². The number of hydrogen-bond acceptors (Lipinski definition) is 4. The first kappa shape index (κ1) is 18.6. The van der Waals surface area contributed by atoms with Crippen LogP contribution in [0.25, 0.3) is 0 Å². The number of carbonyl (C=O) groups excluding carboxylic acids is 1. The molecule has 0 aliphatic carbocycles. The van der Waals surface area contributed by atoms with Gasteiger partial charge in [0.05, 0.1) is 18.0 Å². The molecule has 1 heterocycles. The predicted molar refractivity (Wildman–Crippen MR) is 99.6 cm³/mol. The van der Waals surface area contributed by atoms with E-state index in [0.29, 0.717) is 37.4 Å². The summed E-state index contributed by atoms with van der Waals surface area (Å²) in [6.45, 7) is 1.71. The zero-order valence-corrected chi connectivity index (χ0v) is 15.6. The van der Waals surface area contributed by atoms with Crippen LogP contribution in [-0.4, -0.2) is 45.2 Å². The van der Waals surface area contributed by atoms with Gasteiger partial charge in [0.1, 0.15) is 6.10 Å². The molecule has 0 saturated carbocycles. The van der Waals surface area contributed by atoms with Gasteiger partial charge in [-0.15, -0.1) is 0 Å². The number of morpholine rings is 1. The maximum atomic E-state index is 12.5. The molecule has 5 nitrogen and oxygen atoms in total. The van der Waals surface area contributed by atoms with Crippen LogP contribution < -0.4 is 0 Å². The lowest BCUT2D eigenvalue weighted by Gasteiger charge is -2.33. The Labute approximate surface area is 154 Å². The molecule has 0 spiro atoms. The van der Waals surface area contributed by atoms with Gasteiger partial charge in [-0.2, -0.15) is 0 Å². The molecule has 0 N–H and O–H groups in total. The Morgan fingerprint density at radius 2 is 1.81 bits per heavy atom. The van der Waals surface area contributed by atoms with Gasteiger partial charge in [-0.05, 0) is 29.7 Å². The quantitative estimate of drug-likeness (QED) is 0.808. The summed E-state index contributed by atoms with van der Waals surface area (Å²) in [7, 11) is -3.19. The van der Waals surface area contributed by atoms with Crippen molar-refractivity contribution in [3.05, 3.63) is 65.7 Å². The van der Waals surface area contributed by atoms with Gasteiger partial charge in [0.25, 0.3) is 0 Å². The lowest BCUT2D eigenvalue weighted by atomic mass is 10.1. The average Bonchev–Trinajstić information content (AvgIpc) is 2.66. The van der Waals surface area contributed by atoms with Crippen molar-refractivity contribution in [2.45, 2.75) is 23.8 Å². The van der Waals surface area contributed by atoms with E-state index in [9.17, 15) is 13.2 Å². The highest BCUT2D eigenvalue weighted by Gasteiger charge is 2.25. The predicted octanol–water partition coefficient (Wildman–Crippen LogP) is 2.62. The summed E-state index contributed by atoms with van der Waals surface area (Å²) in [5, 5.41) is 0. The normalized spacial score (nSPS) is 17.9. The smallest absolute Gasteiger partial charge is 0.223 e. The average molecular weight is 373 g/mol. The van der Waals surface area contributed by atoms with Crippen molar-refractivity contribution < 1.29 is 17.9 Å². The summed E-state index contributed by atoms with van der Waals surface area (Å²) in [5.74, 6) is 0.0985. The Hall–Kier alpha value is -2.18. The molecule has 1 aliphatic rings. The third-order valence-corrected chi connectivity index (χ3v) is 5.70. The third kappa shape index (κ3) is 4.71. The van der Waals surface area contributed by atoms with Crippen molar-refractivity contribution >= 4 is 15.7 Å². The van der Waals surface area contributed by atoms with Crippen molar-refractivity contribution in [3.63, 3.8) is 0 Å². The van der Waals surface area contributed by atoms with Crippen LogP contribution in [0.1, 0.15) is 23.7 Å². The second kappa shape index (κ2) is 8.01. The van der Waals surface area contributed by atoms with Gasteiger partial charge in [0.15, 0.2) is 9.84 Å². The van der Waals surface area contributed by atoms with Crippen LogP contribution in [-0.2, 0) is 25.8 Å². The minimum absolute atomic E-state index is 0.0806. The van der Waals surface area contributed by atoms with Gasteiger partial charge in [0, 0.05) is 19.2 Å². The molecule has 1 atom stereocenters. The van der Waals surface area contributed by atoms with E-state index in [2.05, 4.69) is 0 Å². The number of amides is 1. The second-order valence-electron chi connectivity index (χ2n) is 6.53. The van der Waals surface area contributed by atoms with Gasteiger partial charge < -0.3 is 9.64 Å². The molecular formula is C20H23NO4S. The number of ether oxygens (including phenoxy) is 1. The summed E-state index contributed by atoms with van der Waals surface area (Å²) < 4.78 is 28.8. The minimum atomic E-state index is -3.19. The molecule has 138 valence electrons. The Kier molecular flexibility index (Phi) is 5.74. The maximum absolute atomic E-state index is 12.5. The number of hydrogen-bond donors (Lipinski definition) is 0. The topological polar surface area (TPSA) is 63.7 Å². The largest absolute Gasteiger partial charge is 0.370 e. The third-order valence-electron chi connectivity index (χ3n) is 4.57. The van der Waals surface area contributed by atoms with Gasteiger partial charge in [-0.1, -0.05) is 42.5 Å². The first-order valence-corrected chi connectivity index (χ1v) is 10.6. The molecule has 1 fully saturated rings. The van der Waals surface area contributed by atoms with Crippen molar-refractivity contribution in [1.29, 1.82) is 0 Å². The Bertz CT molecular complexity index is 847. The zero-order chi connectivity index (χ0) is 18.6. The SMILES string of the molecule is CS(=O)(=O)c1ccc(CCC(=O)N2CCOC(c3ccccc3)C2)cc1. The van der Waals surface area contributed by atoms with Crippen LogP contribution in [0, 0.1) is 0 Å². The Balaban J connectivity index is 1.56. The van der Waals surface area contributed by atoms with Gasteiger partial charge >= 0.3 is 0 Å². The summed E-state index contributed by atoms with van der Waals surface area (Å²) in [6, 6.07) is 16.7. The number of benzene rings is 2. The highest BCUT2D eigenvalue weighted by molar-refractivity contribution is 7.90. The summed E-state index contributed by atoms with van der Waals surface area (Å²) in [6.07, 6.45) is 2.10. The highest BCUT2D eigenvalue weighted by Crippen LogP contribution is 2.22.